The second-order valence-electron chi connectivity index (χ2n) is 2.79. The Morgan fingerprint density at radius 1 is 1.50 bits per heavy atom. The van der Waals surface area contributed by atoms with Crippen molar-refractivity contribution >= 4 is 0 Å². The third kappa shape index (κ3) is 2.00. The van der Waals surface area contributed by atoms with Crippen LogP contribution in [0, 0.1) is 18.3 Å². The van der Waals surface area contributed by atoms with Crippen molar-refractivity contribution in [1.29, 1.82) is 5.26 Å². The lowest BCUT2D eigenvalue weighted by atomic mass is 10.1. The summed E-state index contributed by atoms with van der Waals surface area (Å²) in [7, 11) is 0. The maximum atomic E-state index is 9.41. The van der Waals surface area contributed by atoms with E-state index in [-0.39, 0.29) is 0 Å². The average molecular weight is 161 g/mol. The van der Waals surface area contributed by atoms with Crippen molar-refractivity contribution in [3.05, 3.63) is 29.3 Å². The Morgan fingerprint density at radius 3 is 2.83 bits per heavy atom. The number of phenols is 1. The van der Waals surface area contributed by atoms with Crippen LogP contribution in [0.25, 0.3) is 0 Å². The Bertz CT molecular complexity index is 312. The quantitative estimate of drug-likeness (QED) is 0.722. The summed E-state index contributed by atoms with van der Waals surface area (Å²) in [6, 6.07) is 7.56. The average Bonchev–Trinajstić information content (AvgIpc) is 2.03. The Balaban J connectivity index is 2.81. The standard InChI is InChI=1S/C10H11NO/c1-8-4-5-9(3-2-6-11)10(12)7-8/h4-5,7,12H,2-3H2,1H3. The predicted molar refractivity (Wildman–Crippen MR) is 46.8 cm³/mol. The smallest absolute Gasteiger partial charge is 0.119 e. The molecule has 0 saturated carbocycles. The van der Waals surface area contributed by atoms with Gasteiger partial charge in [-0.2, -0.15) is 5.26 Å². The van der Waals surface area contributed by atoms with Crippen LogP contribution in [0.5, 0.6) is 5.75 Å². The summed E-state index contributed by atoms with van der Waals surface area (Å²) in [6.45, 7) is 1.92. The summed E-state index contributed by atoms with van der Waals surface area (Å²) in [5.74, 6) is 0.297. The van der Waals surface area contributed by atoms with Crippen LogP contribution in [-0.4, -0.2) is 5.11 Å². The van der Waals surface area contributed by atoms with Crippen molar-refractivity contribution in [2.75, 3.05) is 0 Å². The molecule has 0 spiro atoms. The Kier molecular flexibility index (Phi) is 2.71. The van der Waals surface area contributed by atoms with Crippen molar-refractivity contribution in [3.63, 3.8) is 0 Å². The van der Waals surface area contributed by atoms with Crippen molar-refractivity contribution in [1.82, 2.24) is 0 Å². The van der Waals surface area contributed by atoms with E-state index in [0.717, 1.165) is 11.1 Å². The van der Waals surface area contributed by atoms with Gasteiger partial charge in [0.05, 0.1) is 6.07 Å². The maximum Gasteiger partial charge on any atom is 0.119 e. The molecule has 0 unspecified atom stereocenters. The summed E-state index contributed by atoms with van der Waals surface area (Å²) >= 11 is 0. The van der Waals surface area contributed by atoms with Crippen molar-refractivity contribution in [2.45, 2.75) is 19.8 Å². The van der Waals surface area contributed by atoms with Gasteiger partial charge in [0.1, 0.15) is 5.75 Å². The van der Waals surface area contributed by atoms with Gasteiger partial charge >= 0.3 is 0 Å². The summed E-state index contributed by atoms with van der Waals surface area (Å²) in [5.41, 5.74) is 1.88. The molecule has 12 heavy (non-hydrogen) atoms. The number of nitrogens with zero attached hydrogens (tertiary/aromatic N) is 1. The summed E-state index contributed by atoms with van der Waals surface area (Å²) in [4.78, 5) is 0. The van der Waals surface area contributed by atoms with Gasteiger partial charge in [-0.15, -0.1) is 0 Å². The SMILES string of the molecule is Cc1ccc(CCC#N)c(O)c1. The maximum absolute atomic E-state index is 9.41. The first kappa shape index (κ1) is 8.61. The molecule has 0 fully saturated rings. The first-order valence-electron chi connectivity index (χ1n) is 3.89. The molecule has 0 saturated heterocycles. The molecular weight excluding hydrogens is 150 g/mol. The fourth-order valence-electron chi connectivity index (χ4n) is 1.08. The van der Waals surface area contributed by atoms with Crippen molar-refractivity contribution < 1.29 is 5.11 Å². The van der Waals surface area contributed by atoms with Gasteiger partial charge in [0, 0.05) is 6.42 Å². The fraction of sp³-hybridized carbons (Fsp3) is 0.300. The first-order valence-corrected chi connectivity index (χ1v) is 3.89. The molecule has 62 valence electrons. The summed E-state index contributed by atoms with van der Waals surface area (Å²) < 4.78 is 0. The molecule has 0 bridgehead atoms. The molecule has 0 aliphatic carbocycles. The molecule has 0 aliphatic rings. The number of hydrogen-bond acceptors (Lipinski definition) is 2. The minimum atomic E-state index is 0.297. The zero-order chi connectivity index (χ0) is 8.97. The lowest BCUT2D eigenvalue weighted by Crippen LogP contribution is -1.85. The summed E-state index contributed by atoms with van der Waals surface area (Å²) in [5, 5.41) is 17.7. The van der Waals surface area contributed by atoms with E-state index in [1.165, 1.54) is 0 Å². The van der Waals surface area contributed by atoms with Crippen LogP contribution in [0.1, 0.15) is 17.5 Å². The topological polar surface area (TPSA) is 44.0 Å². The Hall–Kier alpha value is -1.49. The zero-order valence-corrected chi connectivity index (χ0v) is 7.04. The van der Waals surface area contributed by atoms with Gasteiger partial charge in [0.25, 0.3) is 0 Å². The predicted octanol–water partition coefficient (Wildman–Crippen LogP) is 2.16. The molecule has 1 aromatic carbocycles. The zero-order valence-electron chi connectivity index (χ0n) is 7.04. The molecule has 2 heteroatoms. The highest BCUT2D eigenvalue weighted by molar-refractivity contribution is 5.36. The molecule has 1 aromatic rings. The minimum Gasteiger partial charge on any atom is -0.508 e. The highest BCUT2D eigenvalue weighted by atomic mass is 16.3. The van der Waals surface area contributed by atoms with E-state index >= 15 is 0 Å². The third-order valence-electron chi connectivity index (χ3n) is 1.75. The van der Waals surface area contributed by atoms with Gasteiger partial charge in [0.2, 0.25) is 0 Å². The number of rotatable bonds is 2. The number of benzene rings is 1. The molecule has 0 radical (unpaired) electrons. The lowest BCUT2D eigenvalue weighted by molar-refractivity contribution is 0.468. The normalized spacial score (nSPS) is 9.33. The van der Waals surface area contributed by atoms with Crippen molar-refractivity contribution in [2.24, 2.45) is 0 Å². The number of aryl methyl sites for hydroxylation is 2. The molecule has 0 amide bonds. The third-order valence-corrected chi connectivity index (χ3v) is 1.75. The van der Waals surface area contributed by atoms with E-state index in [2.05, 4.69) is 0 Å². The van der Waals surface area contributed by atoms with Gasteiger partial charge in [-0.3, -0.25) is 0 Å². The van der Waals surface area contributed by atoms with Gasteiger partial charge in [-0.05, 0) is 30.5 Å². The molecular formula is C10H11NO. The summed E-state index contributed by atoms with van der Waals surface area (Å²) in [6.07, 6.45) is 1.08. The molecule has 1 N–H and O–H groups in total. The van der Waals surface area contributed by atoms with E-state index < -0.39 is 0 Å². The van der Waals surface area contributed by atoms with Crippen LogP contribution < -0.4 is 0 Å². The minimum absolute atomic E-state index is 0.297. The fourth-order valence-corrected chi connectivity index (χ4v) is 1.08. The van der Waals surface area contributed by atoms with Crippen LogP contribution in [0.2, 0.25) is 0 Å². The molecule has 0 aromatic heterocycles. The van der Waals surface area contributed by atoms with E-state index in [0.29, 0.717) is 18.6 Å². The number of hydrogen-bond donors (Lipinski definition) is 1. The van der Waals surface area contributed by atoms with Gasteiger partial charge in [-0.25, -0.2) is 0 Å². The van der Waals surface area contributed by atoms with E-state index in [9.17, 15) is 5.11 Å². The lowest BCUT2D eigenvalue weighted by Gasteiger charge is -2.01. The van der Waals surface area contributed by atoms with Gasteiger partial charge < -0.3 is 5.11 Å². The van der Waals surface area contributed by atoms with E-state index in [1.54, 1.807) is 6.07 Å². The highest BCUT2D eigenvalue weighted by Crippen LogP contribution is 2.19. The Labute approximate surface area is 72.1 Å². The number of phenolic OH excluding ortho intramolecular Hbond substituents is 1. The van der Waals surface area contributed by atoms with Crippen LogP contribution in [0.4, 0.5) is 0 Å². The van der Waals surface area contributed by atoms with Crippen LogP contribution >= 0.6 is 0 Å². The van der Waals surface area contributed by atoms with Gasteiger partial charge in [0.15, 0.2) is 0 Å². The number of nitriles is 1. The number of aromatic hydroxyl groups is 1. The van der Waals surface area contributed by atoms with Gasteiger partial charge in [-0.1, -0.05) is 12.1 Å². The second kappa shape index (κ2) is 3.77. The first-order chi connectivity index (χ1) is 5.74. The largest absolute Gasteiger partial charge is 0.508 e. The molecule has 1 rings (SSSR count). The van der Waals surface area contributed by atoms with E-state index in [4.69, 9.17) is 5.26 Å². The van der Waals surface area contributed by atoms with Crippen LogP contribution in [0.3, 0.4) is 0 Å². The van der Waals surface area contributed by atoms with Crippen LogP contribution in [0.15, 0.2) is 18.2 Å². The van der Waals surface area contributed by atoms with Crippen molar-refractivity contribution in [3.8, 4) is 11.8 Å². The monoisotopic (exact) mass is 161 g/mol. The van der Waals surface area contributed by atoms with E-state index in [1.807, 2.05) is 25.1 Å². The molecule has 0 aliphatic heterocycles. The second-order valence-corrected chi connectivity index (χ2v) is 2.79. The molecule has 0 atom stereocenters. The van der Waals surface area contributed by atoms with Crippen LogP contribution in [-0.2, 0) is 6.42 Å². The Morgan fingerprint density at radius 2 is 2.25 bits per heavy atom. The molecule has 2 nitrogen and oxygen atoms in total. The molecule has 0 heterocycles. The highest BCUT2D eigenvalue weighted by Gasteiger charge is 1.99.